The lowest BCUT2D eigenvalue weighted by Gasteiger charge is -2.12. The van der Waals surface area contributed by atoms with Crippen LogP contribution in [0.5, 0.6) is 0 Å². The molecule has 12 heteroatoms. The average Bonchev–Trinajstić information content (AvgIpc) is 2.62. The van der Waals surface area contributed by atoms with Crippen LogP contribution < -0.4 is 15.4 Å². The van der Waals surface area contributed by atoms with Gasteiger partial charge in [-0.15, -0.1) is 0 Å². The number of anilines is 2. The van der Waals surface area contributed by atoms with Crippen LogP contribution in [-0.2, 0) is 25.8 Å². The third-order valence-electron chi connectivity index (χ3n) is 3.69. The zero-order valence-corrected chi connectivity index (χ0v) is 17.1. The van der Waals surface area contributed by atoms with Crippen molar-refractivity contribution < 1.29 is 31.2 Å². The average molecular weight is 464 g/mol. The Hall–Kier alpha value is -2.63. The number of rotatable bonds is 7. The largest absolute Gasteiger partial charge is 0.417 e. The summed E-state index contributed by atoms with van der Waals surface area (Å²) in [5.41, 5.74) is -0.313. The highest BCUT2D eigenvalue weighted by molar-refractivity contribution is 7.89. The van der Waals surface area contributed by atoms with Crippen LogP contribution in [0, 0.1) is 0 Å². The van der Waals surface area contributed by atoms with Crippen LogP contribution >= 0.6 is 11.6 Å². The van der Waals surface area contributed by atoms with Crippen molar-refractivity contribution in [2.75, 3.05) is 17.2 Å². The highest BCUT2D eigenvalue weighted by atomic mass is 35.5. The quantitative estimate of drug-likeness (QED) is 0.583. The van der Waals surface area contributed by atoms with Crippen LogP contribution in [-0.4, -0.2) is 26.8 Å². The van der Waals surface area contributed by atoms with E-state index in [0.717, 1.165) is 12.1 Å². The van der Waals surface area contributed by atoms with Gasteiger partial charge in [-0.2, -0.15) is 13.2 Å². The van der Waals surface area contributed by atoms with E-state index in [1.165, 1.54) is 6.92 Å². The molecule has 2 rings (SSSR count). The predicted molar refractivity (Wildman–Crippen MR) is 106 cm³/mol. The van der Waals surface area contributed by atoms with Gasteiger partial charge < -0.3 is 10.6 Å². The zero-order chi connectivity index (χ0) is 22.5. The number of hydrogen-bond donors (Lipinski definition) is 3. The van der Waals surface area contributed by atoms with Gasteiger partial charge in [-0.3, -0.25) is 9.59 Å². The lowest BCUT2D eigenvalue weighted by atomic mass is 10.2. The van der Waals surface area contributed by atoms with Crippen LogP contribution in [0.4, 0.5) is 24.5 Å². The van der Waals surface area contributed by atoms with Crippen LogP contribution in [0.3, 0.4) is 0 Å². The van der Waals surface area contributed by atoms with Gasteiger partial charge in [0.2, 0.25) is 21.8 Å². The molecule has 2 aromatic rings. The molecule has 30 heavy (non-hydrogen) atoms. The molecule has 0 atom stereocenters. The lowest BCUT2D eigenvalue weighted by Crippen LogP contribution is -2.28. The minimum Gasteiger partial charge on any atom is -0.326 e. The second kappa shape index (κ2) is 9.45. The smallest absolute Gasteiger partial charge is 0.326 e. The van der Waals surface area contributed by atoms with Crippen molar-refractivity contribution in [2.24, 2.45) is 0 Å². The number of hydrogen-bond acceptors (Lipinski definition) is 4. The fourth-order valence-electron chi connectivity index (χ4n) is 2.33. The maximum absolute atomic E-state index is 12.9. The van der Waals surface area contributed by atoms with Crippen molar-refractivity contribution in [2.45, 2.75) is 24.4 Å². The Bertz CT molecular complexity index is 1040. The molecule has 0 bridgehead atoms. The summed E-state index contributed by atoms with van der Waals surface area (Å²) in [6.45, 7) is 1.02. The van der Waals surface area contributed by atoms with Gasteiger partial charge in [0.05, 0.1) is 15.5 Å². The maximum Gasteiger partial charge on any atom is 0.417 e. The summed E-state index contributed by atoms with van der Waals surface area (Å²) in [5, 5.41) is 4.47. The van der Waals surface area contributed by atoms with Gasteiger partial charge >= 0.3 is 6.18 Å². The normalized spacial score (nSPS) is 11.8. The van der Waals surface area contributed by atoms with Gasteiger partial charge in [0.25, 0.3) is 0 Å². The molecule has 0 aliphatic heterocycles. The Morgan fingerprint density at radius 2 is 1.57 bits per heavy atom. The number of nitrogens with one attached hydrogen (secondary N) is 3. The zero-order valence-electron chi connectivity index (χ0n) is 15.5. The number of amides is 2. The second-order valence-electron chi connectivity index (χ2n) is 6.09. The van der Waals surface area contributed by atoms with Crippen LogP contribution in [0.15, 0.2) is 47.4 Å². The highest BCUT2D eigenvalue weighted by Gasteiger charge is 2.34. The first kappa shape index (κ1) is 23.6. The molecule has 7 nitrogen and oxygen atoms in total. The number of halogens is 4. The molecule has 2 aromatic carbocycles. The summed E-state index contributed by atoms with van der Waals surface area (Å²) in [5.74, 6) is -0.765. The van der Waals surface area contributed by atoms with Crippen LogP contribution in [0.1, 0.15) is 18.9 Å². The van der Waals surface area contributed by atoms with E-state index in [4.69, 9.17) is 11.6 Å². The number of alkyl halides is 3. The Morgan fingerprint density at radius 1 is 1.00 bits per heavy atom. The summed E-state index contributed by atoms with van der Waals surface area (Å²) < 4.78 is 65.2. The summed E-state index contributed by atoms with van der Waals surface area (Å²) in [4.78, 5) is 22.3. The Morgan fingerprint density at radius 3 is 2.10 bits per heavy atom. The van der Waals surface area contributed by atoms with E-state index in [-0.39, 0.29) is 18.9 Å². The highest BCUT2D eigenvalue weighted by Crippen LogP contribution is 2.35. The van der Waals surface area contributed by atoms with Crippen molar-refractivity contribution in [1.82, 2.24) is 4.72 Å². The van der Waals surface area contributed by atoms with Gasteiger partial charge in [0.15, 0.2) is 0 Å². The molecule has 0 heterocycles. The maximum atomic E-state index is 12.9. The summed E-state index contributed by atoms with van der Waals surface area (Å²) >= 11 is 5.48. The predicted octanol–water partition coefficient (Wildman–Crippen LogP) is 3.62. The van der Waals surface area contributed by atoms with Crippen molar-refractivity contribution in [3.8, 4) is 0 Å². The fraction of sp³-hybridized carbons (Fsp3) is 0.222. The van der Waals surface area contributed by atoms with Crippen molar-refractivity contribution in [3.05, 3.63) is 53.1 Å². The SMILES string of the molecule is CC(=O)Nc1ccc(NC(=O)CCNS(=O)(=O)c2ccc(Cl)c(C(F)(F)F)c2)cc1. The minimum atomic E-state index is -4.81. The minimum absolute atomic E-state index is 0.248. The van der Waals surface area contributed by atoms with Gasteiger partial charge in [0, 0.05) is 31.3 Å². The van der Waals surface area contributed by atoms with Gasteiger partial charge in [-0.1, -0.05) is 11.6 Å². The third kappa shape index (κ3) is 6.71. The van der Waals surface area contributed by atoms with E-state index < -0.39 is 37.6 Å². The van der Waals surface area contributed by atoms with Crippen molar-refractivity contribution >= 4 is 44.8 Å². The second-order valence-corrected chi connectivity index (χ2v) is 8.27. The summed E-state index contributed by atoms with van der Waals surface area (Å²) in [7, 11) is -4.27. The topological polar surface area (TPSA) is 104 Å². The van der Waals surface area contributed by atoms with Gasteiger partial charge in [-0.05, 0) is 42.5 Å². The standard InChI is InChI=1S/C18H17ClF3N3O4S/c1-11(26)24-12-2-4-13(5-3-12)25-17(27)8-9-23-30(28,29)14-6-7-16(19)15(10-14)18(20,21)22/h2-7,10,23H,8-9H2,1H3,(H,24,26)(H,25,27). The first-order chi connectivity index (χ1) is 13.9. The van der Waals surface area contributed by atoms with E-state index in [9.17, 15) is 31.2 Å². The molecular formula is C18H17ClF3N3O4S. The molecule has 2 amide bonds. The van der Waals surface area contributed by atoms with E-state index in [0.29, 0.717) is 17.4 Å². The molecule has 0 radical (unpaired) electrons. The summed E-state index contributed by atoms with van der Waals surface area (Å²) in [6.07, 6.45) is -5.07. The van der Waals surface area contributed by atoms with Crippen molar-refractivity contribution in [1.29, 1.82) is 0 Å². The van der Waals surface area contributed by atoms with Gasteiger partial charge in [0.1, 0.15) is 0 Å². The third-order valence-corrected chi connectivity index (χ3v) is 5.47. The number of benzene rings is 2. The molecule has 0 unspecified atom stereocenters. The van der Waals surface area contributed by atoms with E-state index in [1.807, 2.05) is 0 Å². The molecule has 0 aliphatic carbocycles. The van der Waals surface area contributed by atoms with Crippen molar-refractivity contribution in [3.63, 3.8) is 0 Å². The number of carbonyl (C=O) groups is 2. The molecule has 0 spiro atoms. The van der Waals surface area contributed by atoms with E-state index in [1.54, 1.807) is 24.3 Å². The fourth-order valence-corrected chi connectivity index (χ4v) is 3.62. The molecule has 162 valence electrons. The monoisotopic (exact) mass is 463 g/mol. The Labute approximate surface area is 175 Å². The first-order valence-electron chi connectivity index (χ1n) is 8.42. The van der Waals surface area contributed by atoms with Crippen LogP contribution in [0.25, 0.3) is 0 Å². The van der Waals surface area contributed by atoms with Crippen LogP contribution in [0.2, 0.25) is 5.02 Å². The Balaban J connectivity index is 1.94. The summed E-state index contributed by atoms with van der Waals surface area (Å²) in [6, 6.07) is 8.44. The molecule has 0 saturated heterocycles. The molecule has 3 N–H and O–H groups in total. The molecular weight excluding hydrogens is 447 g/mol. The molecule has 0 fully saturated rings. The molecule has 0 aromatic heterocycles. The lowest BCUT2D eigenvalue weighted by molar-refractivity contribution is -0.137. The Kier molecular flexibility index (Phi) is 7.45. The van der Waals surface area contributed by atoms with Gasteiger partial charge in [-0.25, -0.2) is 13.1 Å². The number of sulfonamides is 1. The molecule has 0 aliphatic rings. The molecule has 0 saturated carbocycles. The van der Waals surface area contributed by atoms with E-state index in [2.05, 4.69) is 15.4 Å². The first-order valence-corrected chi connectivity index (χ1v) is 10.3. The van der Waals surface area contributed by atoms with E-state index >= 15 is 0 Å². The number of carbonyl (C=O) groups excluding carboxylic acids is 2.